The standard InChI is InChI=1S/C19H26FNO3/c1-23-17-6-3-13-24-19(17)9-11-21(12-10-19)18(22)8-7-15-4-2-5-16(20)14-15/h2,4-5,14,17H,3,6-13H2,1H3/t17-/m0/s1. The number of hydrogen-bond donors (Lipinski definition) is 0. The lowest BCUT2D eigenvalue weighted by atomic mass is 9.81. The van der Waals surface area contributed by atoms with E-state index in [0.29, 0.717) is 25.9 Å². The van der Waals surface area contributed by atoms with Gasteiger partial charge in [-0.1, -0.05) is 12.1 Å². The third-order valence-electron chi connectivity index (χ3n) is 5.35. The van der Waals surface area contributed by atoms with Crippen LogP contribution < -0.4 is 0 Å². The molecule has 1 aromatic carbocycles. The molecule has 2 saturated heterocycles. The SMILES string of the molecule is CO[C@H]1CCCOC12CCN(C(=O)CCc1cccc(F)c1)CC2. The van der Waals surface area contributed by atoms with Gasteiger partial charge < -0.3 is 14.4 Å². The summed E-state index contributed by atoms with van der Waals surface area (Å²) in [6.07, 6.45) is 4.87. The van der Waals surface area contributed by atoms with Crippen LogP contribution in [-0.2, 0) is 20.7 Å². The first-order chi connectivity index (χ1) is 11.6. The molecule has 0 aromatic heterocycles. The third-order valence-corrected chi connectivity index (χ3v) is 5.35. The molecule has 2 aliphatic heterocycles. The molecule has 24 heavy (non-hydrogen) atoms. The number of carbonyl (C=O) groups is 1. The molecular weight excluding hydrogens is 309 g/mol. The molecule has 0 bridgehead atoms. The maximum atomic E-state index is 13.2. The van der Waals surface area contributed by atoms with Crippen molar-refractivity contribution in [3.8, 4) is 0 Å². The lowest BCUT2D eigenvalue weighted by Crippen LogP contribution is -2.56. The van der Waals surface area contributed by atoms with Crippen molar-refractivity contribution in [2.45, 2.75) is 50.2 Å². The summed E-state index contributed by atoms with van der Waals surface area (Å²) < 4.78 is 24.9. The van der Waals surface area contributed by atoms with E-state index < -0.39 is 0 Å². The summed E-state index contributed by atoms with van der Waals surface area (Å²) >= 11 is 0. The third kappa shape index (κ3) is 3.78. The van der Waals surface area contributed by atoms with Crippen molar-refractivity contribution in [1.82, 2.24) is 4.90 Å². The van der Waals surface area contributed by atoms with Crippen LogP contribution >= 0.6 is 0 Å². The first kappa shape index (κ1) is 17.4. The summed E-state index contributed by atoms with van der Waals surface area (Å²) in [6.45, 7) is 2.21. The molecule has 3 rings (SSSR count). The Hall–Kier alpha value is -1.46. The molecule has 0 N–H and O–H groups in total. The van der Waals surface area contributed by atoms with E-state index in [-0.39, 0.29) is 23.4 Å². The Morgan fingerprint density at radius 3 is 2.92 bits per heavy atom. The van der Waals surface area contributed by atoms with E-state index in [9.17, 15) is 9.18 Å². The average Bonchev–Trinajstić information content (AvgIpc) is 2.61. The van der Waals surface area contributed by atoms with Crippen LogP contribution in [0.4, 0.5) is 4.39 Å². The number of benzene rings is 1. The number of likely N-dealkylation sites (tertiary alicyclic amines) is 1. The molecule has 0 radical (unpaired) electrons. The number of carbonyl (C=O) groups excluding carboxylic acids is 1. The van der Waals surface area contributed by atoms with Gasteiger partial charge >= 0.3 is 0 Å². The Balaban J connectivity index is 1.51. The molecule has 2 heterocycles. The van der Waals surface area contributed by atoms with Crippen molar-refractivity contribution in [2.24, 2.45) is 0 Å². The van der Waals surface area contributed by atoms with Gasteiger partial charge in [0.1, 0.15) is 5.82 Å². The quantitative estimate of drug-likeness (QED) is 0.849. The highest BCUT2D eigenvalue weighted by atomic mass is 19.1. The predicted molar refractivity (Wildman–Crippen MR) is 89.2 cm³/mol. The Labute approximate surface area is 142 Å². The normalized spacial score (nSPS) is 23.4. The summed E-state index contributed by atoms with van der Waals surface area (Å²) in [7, 11) is 1.75. The fraction of sp³-hybridized carbons (Fsp3) is 0.632. The number of methoxy groups -OCH3 is 1. The van der Waals surface area contributed by atoms with Crippen molar-refractivity contribution in [2.75, 3.05) is 26.8 Å². The first-order valence-corrected chi connectivity index (χ1v) is 8.82. The summed E-state index contributed by atoms with van der Waals surface area (Å²) in [5.41, 5.74) is 0.652. The molecular formula is C19H26FNO3. The molecule has 2 aliphatic rings. The molecule has 0 unspecified atom stereocenters. The second-order valence-corrected chi connectivity index (χ2v) is 6.79. The van der Waals surface area contributed by atoms with Gasteiger partial charge in [0.25, 0.3) is 0 Å². The average molecular weight is 335 g/mol. The molecule has 0 saturated carbocycles. The number of ether oxygens (including phenoxy) is 2. The van der Waals surface area contributed by atoms with Crippen molar-refractivity contribution in [1.29, 1.82) is 0 Å². The number of hydrogen-bond acceptors (Lipinski definition) is 3. The van der Waals surface area contributed by atoms with E-state index in [0.717, 1.165) is 37.9 Å². The van der Waals surface area contributed by atoms with Crippen molar-refractivity contribution in [3.63, 3.8) is 0 Å². The zero-order valence-corrected chi connectivity index (χ0v) is 14.3. The molecule has 1 spiro atoms. The Bertz CT molecular complexity index is 569. The molecule has 1 aromatic rings. The van der Waals surface area contributed by atoms with Gasteiger partial charge in [-0.25, -0.2) is 4.39 Å². The smallest absolute Gasteiger partial charge is 0.222 e. The van der Waals surface area contributed by atoms with Gasteiger partial charge in [0.05, 0.1) is 11.7 Å². The highest BCUT2D eigenvalue weighted by Crippen LogP contribution is 2.36. The molecule has 132 valence electrons. The number of piperidine rings is 1. The van der Waals surface area contributed by atoms with Gasteiger partial charge in [0, 0.05) is 33.2 Å². The fourth-order valence-electron chi connectivity index (χ4n) is 3.94. The number of amides is 1. The summed E-state index contributed by atoms with van der Waals surface area (Å²) in [4.78, 5) is 14.4. The van der Waals surface area contributed by atoms with Crippen LogP contribution in [-0.4, -0.2) is 49.3 Å². The largest absolute Gasteiger partial charge is 0.378 e. The van der Waals surface area contributed by atoms with Gasteiger partial charge in [0.2, 0.25) is 5.91 Å². The number of aryl methyl sites for hydroxylation is 1. The van der Waals surface area contributed by atoms with Crippen LogP contribution in [0.15, 0.2) is 24.3 Å². The van der Waals surface area contributed by atoms with Crippen molar-refractivity contribution in [3.05, 3.63) is 35.6 Å². The van der Waals surface area contributed by atoms with Crippen molar-refractivity contribution >= 4 is 5.91 Å². The number of rotatable bonds is 4. The minimum absolute atomic E-state index is 0.135. The van der Waals surface area contributed by atoms with Gasteiger partial charge in [-0.15, -0.1) is 0 Å². The van der Waals surface area contributed by atoms with Crippen LogP contribution in [0, 0.1) is 5.82 Å². The van der Waals surface area contributed by atoms with E-state index in [1.807, 2.05) is 11.0 Å². The first-order valence-electron chi connectivity index (χ1n) is 8.82. The lowest BCUT2D eigenvalue weighted by Gasteiger charge is -2.48. The van der Waals surface area contributed by atoms with E-state index in [1.54, 1.807) is 13.2 Å². The van der Waals surface area contributed by atoms with Crippen LogP contribution in [0.2, 0.25) is 0 Å². The summed E-state index contributed by atoms with van der Waals surface area (Å²) in [6, 6.07) is 6.47. The van der Waals surface area contributed by atoms with E-state index in [2.05, 4.69) is 0 Å². The second-order valence-electron chi connectivity index (χ2n) is 6.79. The summed E-state index contributed by atoms with van der Waals surface area (Å²) in [5, 5.41) is 0. The predicted octanol–water partition coefficient (Wildman–Crippen LogP) is 2.94. The minimum Gasteiger partial charge on any atom is -0.378 e. The lowest BCUT2D eigenvalue weighted by molar-refractivity contribution is -0.188. The number of halogens is 1. The van der Waals surface area contributed by atoms with Crippen LogP contribution in [0.5, 0.6) is 0 Å². The van der Waals surface area contributed by atoms with E-state index in [4.69, 9.17) is 9.47 Å². The van der Waals surface area contributed by atoms with E-state index in [1.165, 1.54) is 12.1 Å². The second kappa shape index (κ2) is 7.62. The minimum atomic E-state index is -0.250. The van der Waals surface area contributed by atoms with Gasteiger partial charge in [-0.05, 0) is 49.8 Å². The Kier molecular flexibility index (Phi) is 5.51. The van der Waals surface area contributed by atoms with Crippen molar-refractivity contribution < 1.29 is 18.7 Å². The zero-order valence-electron chi connectivity index (χ0n) is 14.3. The highest BCUT2D eigenvalue weighted by molar-refractivity contribution is 5.76. The molecule has 1 atom stereocenters. The van der Waals surface area contributed by atoms with Crippen LogP contribution in [0.3, 0.4) is 0 Å². The zero-order chi connectivity index (χ0) is 17.0. The molecule has 2 fully saturated rings. The van der Waals surface area contributed by atoms with Gasteiger partial charge in [0.15, 0.2) is 0 Å². The van der Waals surface area contributed by atoms with Gasteiger partial charge in [-0.3, -0.25) is 4.79 Å². The monoisotopic (exact) mass is 335 g/mol. The number of nitrogens with zero attached hydrogens (tertiary/aromatic N) is 1. The molecule has 1 amide bonds. The Morgan fingerprint density at radius 1 is 1.42 bits per heavy atom. The fourth-order valence-corrected chi connectivity index (χ4v) is 3.94. The molecule has 5 heteroatoms. The maximum Gasteiger partial charge on any atom is 0.222 e. The summed E-state index contributed by atoms with van der Waals surface area (Å²) in [5.74, 6) is -0.112. The Morgan fingerprint density at radius 2 is 2.21 bits per heavy atom. The maximum absolute atomic E-state index is 13.2. The molecule has 4 nitrogen and oxygen atoms in total. The van der Waals surface area contributed by atoms with Crippen LogP contribution in [0.1, 0.15) is 37.7 Å². The van der Waals surface area contributed by atoms with Gasteiger partial charge in [-0.2, -0.15) is 0 Å². The molecule has 0 aliphatic carbocycles. The highest BCUT2D eigenvalue weighted by Gasteiger charge is 2.45. The van der Waals surface area contributed by atoms with Crippen LogP contribution in [0.25, 0.3) is 0 Å². The van der Waals surface area contributed by atoms with E-state index >= 15 is 0 Å². The topological polar surface area (TPSA) is 38.8 Å².